The summed E-state index contributed by atoms with van der Waals surface area (Å²) in [5, 5.41) is 18.5. The van der Waals surface area contributed by atoms with Crippen molar-refractivity contribution in [3.05, 3.63) is 35.5 Å². The molecular weight excluding hydrogens is 308 g/mol. The van der Waals surface area contributed by atoms with Crippen LogP contribution in [-0.2, 0) is 13.2 Å². The molecule has 128 valence electrons. The first-order chi connectivity index (χ1) is 11.6. The van der Waals surface area contributed by atoms with Gasteiger partial charge in [0.15, 0.2) is 5.82 Å². The van der Waals surface area contributed by atoms with Crippen molar-refractivity contribution in [1.82, 2.24) is 19.9 Å². The molecule has 1 aliphatic heterocycles. The molecule has 2 N–H and O–H groups in total. The highest BCUT2D eigenvalue weighted by atomic mass is 16.3. The maximum absolute atomic E-state index is 9.34. The van der Waals surface area contributed by atoms with Crippen LogP contribution in [0.4, 0.5) is 11.8 Å². The van der Waals surface area contributed by atoms with Crippen LogP contribution in [0.3, 0.4) is 0 Å². The highest BCUT2D eigenvalue weighted by Gasteiger charge is 2.26. The van der Waals surface area contributed by atoms with E-state index in [0.717, 1.165) is 31.1 Å². The number of anilines is 2. The molecule has 0 bridgehead atoms. The number of aliphatic hydroxyl groups excluding tert-OH is 2. The van der Waals surface area contributed by atoms with Gasteiger partial charge in [-0.15, -0.1) is 0 Å². The number of hydrogen-bond acceptors (Lipinski definition) is 8. The standard InChI is InChI=1S/C16H22N6O2/c1-11-7-13(9-23)19-16(18-11)22-6-5-21(8-12(22)2)15-3-4-17-14(10-24)20-15/h3-4,7,12,23-24H,5-6,8-10H2,1-2H3/t12-/m0/s1. The third-order valence-electron chi connectivity index (χ3n) is 4.10. The van der Waals surface area contributed by atoms with Crippen LogP contribution in [0.1, 0.15) is 24.1 Å². The lowest BCUT2D eigenvalue weighted by atomic mass is 10.2. The van der Waals surface area contributed by atoms with Gasteiger partial charge in [-0.05, 0) is 26.0 Å². The van der Waals surface area contributed by atoms with Crippen LogP contribution < -0.4 is 9.80 Å². The zero-order valence-corrected chi connectivity index (χ0v) is 13.9. The molecule has 0 radical (unpaired) electrons. The van der Waals surface area contributed by atoms with Gasteiger partial charge in [0.25, 0.3) is 0 Å². The molecule has 1 aliphatic rings. The number of rotatable bonds is 4. The van der Waals surface area contributed by atoms with Crippen molar-refractivity contribution in [2.75, 3.05) is 29.4 Å². The molecule has 0 aliphatic carbocycles. The van der Waals surface area contributed by atoms with Crippen molar-refractivity contribution in [2.45, 2.75) is 33.1 Å². The zero-order chi connectivity index (χ0) is 17.1. The van der Waals surface area contributed by atoms with Gasteiger partial charge >= 0.3 is 0 Å². The SMILES string of the molecule is Cc1cc(CO)nc(N2CCN(c3ccnc(CO)n3)C[C@@H]2C)n1. The minimum absolute atomic E-state index is 0.0877. The lowest BCUT2D eigenvalue weighted by Gasteiger charge is -2.40. The molecule has 8 nitrogen and oxygen atoms in total. The molecular formula is C16H22N6O2. The van der Waals surface area contributed by atoms with Crippen LogP contribution in [-0.4, -0.2) is 55.8 Å². The van der Waals surface area contributed by atoms with E-state index in [1.807, 2.05) is 13.0 Å². The normalized spacial score (nSPS) is 18.1. The Labute approximate surface area is 140 Å². The van der Waals surface area contributed by atoms with E-state index in [9.17, 15) is 10.2 Å². The Bertz CT molecular complexity index is 711. The summed E-state index contributed by atoms with van der Waals surface area (Å²) in [6.45, 7) is 6.08. The molecule has 24 heavy (non-hydrogen) atoms. The molecule has 0 amide bonds. The Morgan fingerprint density at radius 1 is 1.17 bits per heavy atom. The minimum atomic E-state index is -0.162. The number of nitrogens with zero attached hydrogens (tertiary/aromatic N) is 6. The first kappa shape index (κ1) is 16.5. The lowest BCUT2D eigenvalue weighted by Crippen LogP contribution is -2.53. The molecule has 0 saturated carbocycles. The Morgan fingerprint density at radius 3 is 2.71 bits per heavy atom. The Morgan fingerprint density at radius 2 is 2.00 bits per heavy atom. The molecule has 2 aromatic heterocycles. The monoisotopic (exact) mass is 330 g/mol. The van der Waals surface area contributed by atoms with E-state index in [1.54, 1.807) is 12.3 Å². The maximum Gasteiger partial charge on any atom is 0.226 e. The van der Waals surface area contributed by atoms with E-state index < -0.39 is 0 Å². The van der Waals surface area contributed by atoms with Crippen molar-refractivity contribution >= 4 is 11.8 Å². The molecule has 3 heterocycles. The van der Waals surface area contributed by atoms with Gasteiger partial charge in [-0.1, -0.05) is 0 Å². The van der Waals surface area contributed by atoms with Crippen LogP contribution >= 0.6 is 0 Å². The summed E-state index contributed by atoms with van der Waals surface area (Å²) in [6, 6.07) is 3.84. The van der Waals surface area contributed by atoms with E-state index in [0.29, 0.717) is 17.5 Å². The van der Waals surface area contributed by atoms with Gasteiger partial charge in [-0.2, -0.15) is 0 Å². The van der Waals surface area contributed by atoms with E-state index in [-0.39, 0.29) is 19.3 Å². The van der Waals surface area contributed by atoms with Crippen molar-refractivity contribution < 1.29 is 10.2 Å². The fraction of sp³-hybridized carbons (Fsp3) is 0.500. The summed E-state index contributed by atoms with van der Waals surface area (Å²) >= 11 is 0. The van der Waals surface area contributed by atoms with Gasteiger partial charge < -0.3 is 20.0 Å². The van der Waals surface area contributed by atoms with Crippen molar-refractivity contribution in [3.63, 3.8) is 0 Å². The molecule has 1 fully saturated rings. The summed E-state index contributed by atoms with van der Waals surface area (Å²) in [4.78, 5) is 21.7. The van der Waals surface area contributed by atoms with Crippen LogP contribution in [0.5, 0.6) is 0 Å². The van der Waals surface area contributed by atoms with E-state index in [1.165, 1.54) is 0 Å². The fourth-order valence-electron chi connectivity index (χ4n) is 2.93. The molecule has 8 heteroatoms. The number of aromatic nitrogens is 4. The largest absolute Gasteiger partial charge is 0.390 e. The van der Waals surface area contributed by atoms with Crippen LogP contribution in [0.25, 0.3) is 0 Å². The van der Waals surface area contributed by atoms with Gasteiger partial charge in [0.05, 0.1) is 12.3 Å². The first-order valence-electron chi connectivity index (χ1n) is 8.00. The molecule has 0 aromatic carbocycles. The average molecular weight is 330 g/mol. The van der Waals surface area contributed by atoms with Gasteiger partial charge in [-0.25, -0.2) is 19.9 Å². The quantitative estimate of drug-likeness (QED) is 0.824. The third-order valence-corrected chi connectivity index (χ3v) is 4.10. The summed E-state index contributed by atoms with van der Waals surface area (Å²) in [7, 11) is 0. The topological polar surface area (TPSA) is 98.5 Å². The van der Waals surface area contributed by atoms with E-state index >= 15 is 0 Å². The smallest absolute Gasteiger partial charge is 0.226 e. The van der Waals surface area contributed by atoms with Gasteiger partial charge in [0, 0.05) is 37.6 Å². The highest BCUT2D eigenvalue weighted by molar-refractivity contribution is 5.43. The second-order valence-electron chi connectivity index (χ2n) is 5.94. The molecule has 1 atom stereocenters. The molecule has 0 spiro atoms. The predicted molar refractivity (Wildman–Crippen MR) is 89.7 cm³/mol. The first-order valence-corrected chi connectivity index (χ1v) is 8.00. The van der Waals surface area contributed by atoms with Crippen molar-refractivity contribution in [2.24, 2.45) is 0 Å². The van der Waals surface area contributed by atoms with Crippen LogP contribution in [0.15, 0.2) is 18.3 Å². The average Bonchev–Trinajstić information content (AvgIpc) is 2.61. The Kier molecular flexibility index (Phi) is 4.86. The van der Waals surface area contributed by atoms with Crippen molar-refractivity contribution in [1.29, 1.82) is 0 Å². The highest BCUT2D eigenvalue weighted by Crippen LogP contribution is 2.21. The summed E-state index contributed by atoms with van der Waals surface area (Å²) in [5.41, 5.74) is 1.48. The molecule has 0 unspecified atom stereocenters. The number of aliphatic hydroxyl groups is 2. The predicted octanol–water partition coefficient (Wildman–Crippen LogP) is 0.275. The third kappa shape index (κ3) is 3.44. The molecule has 3 rings (SSSR count). The molecule has 1 saturated heterocycles. The summed E-state index contributed by atoms with van der Waals surface area (Å²) in [6.07, 6.45) is 1.67. The zero-order valence-electron chi connectivity index (χ0n) is 13.9. The van der Waals surface area contributed by atoms with E-state index in [2.05, 4.69) is 36.7 Å². The van der Waals surface area contributed by atoms with Crippen LogP contribution in [0, 0.1) is 6.92 Å². The Balaban J connectivity index is 1.76. The fourth-order valence-corrected chi connectivity index (χ4v) is 2.93. The Hall–Kier alpha value is -2.32. The van der Waals surface area contributed by atoms with Gasteiger partial charge in [0.1, 0.15) is 12.4 Å². The second kappa shape index (κ2) is 7.06. The summed E-state index contributed by atoms with van der Waals surface area (Å²) in [5.74, 6) is 1.91. The van der Waals surface area contributed by atoms with Crippen molar-refractivity contribution in [3.8, 4) is 0 Å². The van der Waals surface area contributed by atoms with Crippen LogP contribution in [0.2, 0.25) is 0 Å². The van der Waals surface area contributed by atoms with Gasteiger partial charge in [-0.3, -0.25) is 0 Å². The minimum Gasteiger partial charge on any atom is -0.390 e. The molecule has 2 aromatic rings. The second-order valence-corrected chi connectivity index (χ2v) is 5.94. The summed E-state index contributed by atoms with van der Waals surface area (Å²) < 4.78 is 0. The van der Waals surface area contributed by atoms with Gasteiger partial charge in [0.2, 0.25) is 5.95 Å². The lowest BCUT2D eigenvalue weighted by molar-refractivity contribution is 0.271. The number of aryl methyl sites for hydroxylation is 1. The number of hydrogen-bond donors (Lipinski definition) is 2. The number of piperazine rings is 1. The maximum atomic E-state index is 9.34. The van der Waals surface area contributed by atoms with E-state index in [4.69, 9.17) is 0 Å².